The maximum absolute atomic E-state index is 9.38. The molecule has 0 saturated carbocycles. The van der Waals surface area contributed by atoms with Gasteiger partial charge in [-0.15, -0.1) is 0 Å². The summed E-state index contributed by atoms with van der Waals surface area (Å²) in [7, 11) is 0. The number of hydrogen-bond donors (Lipinski definition) is 1. The van der Waals surface area contributed by atoms with Crippen molar-refractivity contribution in [1.82, 2.24) is 4.90 Å². The monoisotopic (exact) mass is 277 g/mol. The second kappa shape index (κ2) is 6.57. The molecule has 110 valence electrons. The smallest absolute Gasteiger partial charge is 0.115 e. The molecule has 2 atom stereocenters. The molecule has 1 aromatic carbocycles. The number of morpholine rings is 1. The molecular formula is C16H23NO3. The van der Waals surface area contributed by atoms with Crippen molar-refractivity contribution in [3.8, 4) is 5.75 Å². The molecular weight excluding hydrogens is 254 g/mol. The van der Waals surface area contributed by atoms with E-state index in [-0.39, 0.29) is 0 Å². The normalized spacial score (nSPS) is 28.4. The van der Waals surface area contributed by atoms with E-state index in [1.54, 1.807) is 12.1 Å². The van der Waals surface area contributed by atoms with Crippen LogP contribution in [-0.2, 0) is 9.47 Å². The first-order valence-corrected chi connectivity index (χ1v) is 7.52. The third-order valence-corrected chi connectivity index (χ3v) is 4.30. The second-order valence-electron chi connectivity index (χ2n) is 5.72. The minimum atomic E-state index is 0.320. The molecule has 0 bridgehead atoms. The van der Waals surface area contributed by atoms with Gasteiger partial charge in [0.25, 0.3) is 0 Å². The number of ether oxygens (including phenoxy) is 2. The summed E-state index contributed by atoms with van der Waals surface area (Å²) < 4.78 is 11.3. The average molecular weight is 277 g/mol. The van der Waals surface area contributed by atoms with Gasteiger partial charge in [-0.3, -0.25) is 4.90 Å². The maximum Gasteiger partial charge on any atom is 0.115 e. The van der Waals surface area contributed by atoms with E-state index in [1.165, 1.54) is 5.56 Å². The van der Waals surface area contributed by atoms with Gasteiger partial charge < -0.3 is 14.6 Å². The molecule has 4 heteroatoms. The first-order chi connectivity index (χ1) is 9.81. The van der Waals surface area contributed by atoms with Crippen LogP contribution >= 0.6 is 0 Å². The standard InChI is InChI=1S/C16H23NO3/c18-15-3-1-13(2-4-15)14-5-8-20-16(11-14)12-17-6-9-19-10-7-17/h1-4,14,16,18H,5-12H2. The third-order valence-electron chi connectivity index (χ3n) is 4.30. The van der Waals surface area contributed by atoms with Crippen LogP contribution in [-0.4, -0.2) is 55.6 Å². The van der Waals surface area contributed by atoms with Crippen molar-refractivity contribution in [2.24, 2.45) is 0 Å². The van der Waals surface area contributed by atoms with E-state index < -0.39 is 0 Å². The van der Waals surface area contributed by atoms with Crippen LogP contribution in [0.4, 0.5) is 0 Å². The molecule has 0 spiro atoms. The summed E-state index contributed by atoms with van der Waals surface area (Å²) in [5.74, 6) is 0.890. The Morgan fingerprint density at radius 3 is 2.60 bits per heavy atom. The van der Waals surface area contributed by atoms with Crippen molar-refractivity contribution in [3.05, 3.63) is 29.8 Å². The summed E-state index contributed by atoms with van der Waals surface area (Å²) in [6, 6.07) is 7.64. The Hall–Kier alpha value is -1.10. The van der Waals surface area contributed by atoms with Gasteiger partial charge in [0.2, 0.25) is 0 Å². The van der Waals surface area contributed by atoms with Gasteiger partial charge in [-0.2, -0.15) is 0 Å². The molecule has 2 unspecified atom stereocenters. The van der Waals surface area contributed by atoms with Gasteiger partial charge in [-0.05, 0) is 36.5 Å². The van der Waals surface area contributed by atoms with Crippen LogP contribution in [0.3, 0.4) is 0 Å². The van der Waals surface area contributed by atoms with Crippen molar-refractivity contribution in [3.63, 3.8) is 0 Å². The molecule has 2 aliphatic rings. The van der Waals surface area contributed by atoms with Crippen LogP contribution < -0.4 is 0 Å². The van der Waals surface area contributed by atoms with Gasteiger partial charge in [0, 0.05) is 26.2 Å². The molecule has 4 nitrogen and oxygen atoms in total. The number of rotatable bonds is 3. The Bertz CT molecular complexity index is 414. The van der Waals surface area contributed by atoms with Gasteiger partial charge in [0.05, 0.1) is 19.3 Å². The van der Waals surface area contributed by atoms with Gasteiger partial charge in [-0.1, -0.05) is 12.1 Å². The zero-order chi connectivity index (χ0) is 13.8. The van der Waals surface area contributed by atoms with E-state index >= 15 is 0 Å². The minimum Gasteiger partial charge on any atom is -0.508 e. The summed E-state index contributed by atoms with van der Waals surface area (Å²) in [6.45, 7) is 5.56. The summed E-state index contributed by atoms with van der Waals surface area (Å²) in [4.78, 5) is 2.44. The largest absolute Gasteiger partial charge is 0.508 e. The number of phenolic OH excluding ortho intramolecular Hbond substituents is 1. The SMILES string of the molecule is Oc1ccc(C2CCOC(CN3CCOCC3)C2)cc1. The highest BCUT2D eigenvalue weighted by molar-refractivity contribution is 5.28. The molecule has 1 N–H and O–H groups in total. The van der Waals surface area contributed by atoms with E-state index in [1.807, 2.05) is 12.1 Å². The molecule has 0 radical (unpaired) electrons. The molecule has 3 rings (SSSR count). The van der Waals surface area contributed by atoms with E-state index in [4.69, 9.17) is 9.47 Å². The fraction of sp³-hybridized carbons (Fsp3) is 0.625. The van der Waals surface area contributed by atoms with Crippen LogP contribution in [0.15, 0.2) is 24.3 Å². The highest BCUT2D eigenvalue weighted by Gasteiger charge is 2.26. The van der Waals surface area contributed by atoms with Crippen LogP contribution in [0, 0.1) is 0 Å². The second-order valence-corrected chi connectivity index (χ2v) is 5.72. The number of nitrogens with zero attached hydrogens (tertiary/aromatic N) is 1. The van der Waals surface area contributed by atoms with Gasteiger partial charge in [0.15, 0.2) is 0 Å². The van der Waals surface area contributed by atoms with E-state index in [0.717, 1.165) is 52.3 Å². The number of phenols is 1. The molecule has 20 heavy (non-hydrogen) atoms. The first-order valence-electron chi connectivity index (χ1n) is 7.52. The molecule has 2 saturated heterocycles. The van der Waals surface area contributed by atoms with Gasteiger partial charge in [0.1, 0.15) is 5.75 Å². The number of aromatic hydroxyl groups is 1. The Labute approximate surface area is 120 Å². The minimum absolute atomic E-state index is 0.320. The molecule has 2 fully saturated rings. The summed E-state index contributed by atoms with van der Waals surface area (Å²) in [5.41, 5.74) is 1.32. The Morgan fingerprint density at radius 2 is 1.85 bits per heavy atom. The van der Waals surface area contributed by atoms with Crippen molar-refractivity contribution in [2.45, 2.75) is 24.9 Å². The van der Waals surface area contributed by atoms with Crippen LogP contribution in [0.2, 0.25) is 0 Å². The lowest BCUT2D eigenvalue weighted by Gasteiger charge is -2.35. The highest BCUT2D eigenvalue weighted by Crippen LogP contribution is 2.31. The van der Waals surface area contributed by atoms with Crippen LogP contribution in [0.5, 0.6) is 5.75 Å². The van der Waals surface area contributed by atoms with E-state index in [2.05, 4.69) is 4.90 Å². The van der Waals surface area contributed by atoms with E-state index in [0.29, 0.717) is 17.8 Å². The molecule has 2 heterocycles. The Morgan fingerprint density at radius 1 is 1.10 bits per heavy atom. The summed E-state index contributed by atoms with van der Waals surface area (Å²) >= 11 is 0. The highest BCUT2D eigenvalue weighted by atomic mass is 16.5. The Balaban J connectivity index is 1.57. The lowest BCUT2D eigenvalue weighted by molar-refractivity contribution is -0.0358. The van der Waals surface area contributed by atoms with Gasteiger partial charge in [-0.25, -0.2) is 0 Å². The van der Waals surface area contributed by atoms with Crippen molar-refractivity contribution < 1.29 is 14.6 Å². The molecule has 0 amide bonds. The van der Waals surface area contributed by atoms with Crippen molar-refractivity contribution in [2.75, 3.05) is 39.5 Å². The molecule has 0 aliphatic carbocycles. The predicted molar refractivity (Wildman–Crippen MR) is 77.1 cm³/mol. The van der Waals surface area contributed by atoms with Gasteiger partial charge >= 0.3 is 0 Å². The number of benzene rings is 1. The summed E-state index contributed by atoms with van der Waals surface area (Å²) in [6.07, 6.45) is 2.47. The fourth-order valence-electron chi connectivity index (χ4n) is 3.13. The molecule has 2 aliphatic heterocycles. The lowest BCUT2D eigenvalue weighted by Crippen LogP contribution is -2.43. The third kappa shape index (κ3) is 3.51. The first kappa shape index (κ1) is 13.9. The van der Waals surface area contributed by atoms with Crippen molar-refractivity contribution in [1.29, 1.82) is 0 Å². The van der Waals surface area contributed by atoms with E-state index in [9.17, 15) is 5.11 Å². The molecule has 1 aromatic rings. The topological polar surface area (TPSA) is 41.9 Å². The zero-order valence-electron chi connectivity index (χ0n) is 11.8. The van der Waals surface area contributed by atoms with Crippen LogP contribution in [0.1, 0.15) is 24.3 Å². The predicted octanol–water partition coefficient (Wildman–Crippen LogP) is 1.99. The van der Waals surface area contributed by atoms with Crippen molar-refractivity contribution >= 4 is 0 Å². The number of hydrogen-bond acceptors (Lipinski definition) is 4. The fourth-order valence-corrected chi connectivity index (χ4v) is 3.13. The summed E-state index contributed by atoms with van der Waals surface area (Å²) in [5, 5.41) is 9.38. The lowest BCUT2D eigenvalue weighted by atomic mass is 9.88. The zero-order valence-corrected chi connectivity index (χ0v) is 11.8. The van der Waals surface area contributed by atoms with Crippen LogP contribution in [0.25, 0.3) is 0 Å². The molecule has 0 aromatic heterocycles. The maximum atomic E-state index is 9.38. The quantitative estimate of drug-likeness (QED) is 0.917. The average Bonchev–Trinajstić information content (AvgIpc) is 2.49. The Kier molecular flexibility index (Phi) is 4.55.